The Morgan fingerprint density at radius 2 is 1.87 bits per heavy atom. The van der Waals surface area contributed by atoms with Gasteiger partial charge in [-0.25, -0.2) is 12.8 Å². The number of rotatable bonds is 6. The third-order valence-electron chi connectivity index (χ3n) is 4.66. The van der Waals surface area contributed by atoms with Crippen molar-refractivity contribution in [2.45, 2.75) is 10.1 Å². The number of amides is 1. The highest BCUT2D eigenvalue weighted by Gasteiger charge is 2.30. The molecule has 0 fully saturated rings. The molecule has 0 saturated heterocycles. The van der Waals surface area contributed by atoms with Crippen LogP contribution in [0.1, 0.15) is 21.2 Å². The Kier molecular flexibility index (Phi) is 5.37. The lowest BCUT2D eigenvalue weighted by Crippen LogP contribution is -2.32. The second-order valence-electron chi connectivity index (χ2n) is 6.55. The molecule has 1 amide bonds. The zero-order valence-corrected chi connectivity index (χ0v) is 16.4. The van der Waals surface area contributed by atoms with Crippen molar-refractivity contribution < 1.29 is 27.1 Å². The Morgan fingerprint density at radius 1 is 1.10 bits per heavy atom. The summed E-state index contributed by atoms with van der Waals surface area (Å²) >= 11 is 0. The van der Waals surface area contributed by atoms with E-state index in [2.05, 4.69) is 10.3 Å². The fraction of sp³-hybridized carbons (Fsp3) is 0.143. The fourth-order valence-electron chi connectivity index (χ4n) is 3.09. The van der Waals surface area contributed by atoms with Crippen molar-refractivity contribution in [3.8, 4) is 11.5 Å². The maximum Gasteiger partial charge on any atom is 0.251 e. The quantitative estimate of drug-likeness (QED) is 0.607. The zero-order valence-electron chi connectivity index (χ0n) is 15.6. The maximum absolute atomic E-state index is 13.3. The molecule has 0 bridgehead atoms. The first-order valence-electron chi connectivity index (χ1n) is 9.02. The highest BCUT2D eigenvalue weighted by atomic mass is 32.2. The molecular weight excluding hydrogens is 411 g/mol. The molecule has 1 aliphatic rings. The van der Waals surface area contributed by atoms with Crippen LogP contribution in [0.4, 0.5) is 4.39 Å². The van der Waals surface area contributed by atoms with Crippen molar-refractivity contribution in [2.75, 3.05) is 13.3 Å². The number of hydrogen-bond donors (Lipinski definition) is 1. The van der Waals surface area contributed by atoms with Gasteiger partial charge in [-0.05, 0) is 54.1 Å². The van der Waals surface area contributed by atoms with Gasteiger partial charge in [-0.1, -0.05) is 6.07 Å². The number of sulfone groups is 1. The molecule has 1 aliphatic heterocycles. The van der Waals surface area contributed by atoms with Crippen LogP contribution in [0.15, 0.2) is 71.9 Å². The van der Waals surface area contributed by atoms with Crippen LogP contribution in [0.25, 0.3) is 0 Å². The Morgan fingerprint density at radius 3 is 2.60 bits per heavy atom. The Balaban J connectivity index is 1.59. The molecular formula is C21H17FN2O5S. The van der Waals surface area contributed by atoms with Crippen molar-refractivity contribution in [1.29, 1.82) is 0 Å². The average molecular weight is 428 g/mol. The van der Waals surface area contributed by atoms with Gasteiger partial charge in [0.05, 0.1) is 4.90 Å². The molecule has 1 N–H and O–H groups in total. The van der Waals surface area contributed by atoms with E-state index in [1.807, 2.05) is 0 Å². The van der Waals surface area contributed by atoms with Crippen LogP contribution in [-0.2, 0) is 9.84 Å². The van der Waals surface area contributed by atoms with Crippen molar-refractivity contribution in [2.24, 2.45) is 0 Å². The van der Waals surface area contributed by atoms with Crippen molar-refractivity contribution in [1.82, 2.24) is 10.3 Å². The smallest absolute Gasteiger partial charge is 0.251 e. The van der Waals surface area contributed by atoms with E-state index in [-0.39, 0.29) is 18.2 Å². The maximum atomic E-state index is 13.3. The number of pyridine rings is 1. The van der Waals surface area contributed by atoms with Crippen LogP contribution in [0.5, 0.6) is 11.5 Å². The highest BCUT2D eigenvalue weighted by Crippen LogP contribution is 2.33. The summed E-state index contributed by atoms with van der Waals surface area (Å²) in [5, 5.41) is 1.56. The van der Waals surface area contributed by atoms with Crippen molar-refractivity contribution in [3.63, 3.8) is 0 Å². The van der Waals surface area contributed by atoms with Gasteiger partial charge in [-0.2, -0.15) is 0 Å². The number of aromatic nitrogens is 1. The summed E-state index contributed by atoms with van der Waals surface area (Å²) in [6.45, 7) is -0.113. The number of nitrogens with one attached hydrogen (secondary N) is 1. The molecule has 2 aromatic carbocycles. The lowest BCUT2D eigenvalue weighted by molar-refractivity contribution is 0.0953. The molecule has 1 atom stereocenters. The summed E-state index contributed by atoms with van der Waals surface area (Å²) < 4.78 is 50.2. The number of halogens is 1. The Hall–Kier alpha value is -3.46. The standard InChI is InChI=1S/C21H17FN2O5S/c22-16-4-6-17(7-5-16)30(26,27)20(15-2-1-9-23-11-15)12-24-21(25)14-3-8-18-19(10-14)29-13-28-18/h1-11,20H,12-13H2,(H,24,25). The molecule has 0 aliphatic carbocycles. The van der Waals surface area contributed by atoms with E-state index in [0.717, 1.165) is 12.1 Å². The van der Waals surface area contributed by atoms with Gasteiger partial charge in [-0.15, -0.1) is 0 Å². The summed E-state index contributed by atoms with van der Waals surface area (Å²) in [5.41, 5.74) is 0.719. The number of nitrogens with zero attached hydrogens (tertiary/aromatic N) is 1. The van der Waals surface area contributed by atoms with E-state index in [0.29, 0.717) is 22.6 Å². The van der Waals surface area contributed by atoms with Crippen molar-refractivity contribution in [3.05, 3.63) is 83.9 Å². The van der Waals surface area contributed by atoms with Gasteiger partial charge in [0, 0.05) is 24.5 Å². The van der Waals surface area contributed by atoms with Gasteiger partial charge in [0.1, 0.15) is 11.1 Å². The lowest BCUT2D eigenvalue weighted by atomic mass is 10.1. The van der Waals surface area contributed by atoms with Gasteiger partial charge in [0.25, 0.3) is 5.91 Å². The number of carbonyl (C=O) groups is 1. The van der Waals surface area contributed by atoms with Gasteiger partial charge in [0.15, 0.2) is 21.3 Å². The first kappa shape index (κ1) is 19.8. The number of hydrogen-bond acceptors (Lipinski definition) is 6. The molecule has 2 heterocycles. The van der Waals surface area contributed by atoms with Crippen LogP contribution in [-0.4, -0.2) is 32.6 Å². The Bertz CT molecular complexity index is 1170. The van der Waals surface area contributed by atoms with E-state index in [1.54, 1.807) is 24.3 Å². The molecule has 0 saturated carbocycles. The van der Waals surface area contributed by atoms with E-state index in [9.17, 15) is 17.6 Å². The summed E-state index contributed by atoms with van der Waals surface area (Å²) in [7, 11) is -3.92. The number of benzene rings is 2. The summed E-state index contributed by atoms with van der Waals surface area (Å²) in [5.74, 6) is -0.0106. The van der Waals surface area contributed by atoms with Gasteiger partial charge in [0.2, 0.25) is 6.79 Å². The second-order valence-corrected chi connectivity index (χ2v) is 8.68. The molecule has 1 unspecified atom stereocenters. The predicted octanol–water partition coefficient (Wildman–Crippen LogP) is 2.89. The van der Waals surface area contributed by atoms with Gasteiger partial charge in [-0.3, -0.25) is 9.78 Å². The first-order valence-corrected chi connectivity index (χ1v) is 10.6. The summed E-state index contributed by atoms with van der Waals surface area (Å²) in [6.07, 6.45) is 2.95. The molecule has 1 aromatic heterocycles. The highest BCUT2D eigenvalue weighted by molar-refractivity contribution is 7.91. The van der Waals surface area contributed by atoms with E-state index < -0.39 is 26.8 Å². The minimum atomic E-state index is -3.92. The number of ether oxygens (including phenoxy) is 2. The van der Waals surface area contributed by atoms with Gasteiger partial charge >= 0.3 is 0 Å². The molecule has 3 aromatic rings. The van der Waals surface area contributed by atoms with Crippen LogP contribution in [0.2, 0.25) is 0 Å². The predicted molar refractivity (Wildman–Crippen MR) is 105 cm³/mol. The number of fused-ring (bicyclic) bond motifs is 1. The Labute approximate surface area is 172 Å². The lowest BCUT2D eigenvalue weighted by Gasteiger charge is -2.19. The van der Waals surface area contributed by atoms with Crippen LogP contribution in [0, 0.1) is 5.82 Å². The molecule has 7 nitrogen and oxygen atoms in total. The molecule has 4 rings (SSSR count). The van der Waals surface area contributed by atoms with Gasteiger partial charge < -0.3 is 14.8 Å². The molecule has 9 heteroatoms. The SMILES string of the molecule is O=C(NCC(c1cccnc1)S(=O)(=O)c1ccc(F)cc1)c1ccc2c(c1)OCO2. The largest absolute Gasteiger partial charge is 0.454 e. The minimum absolute atomic E-state index is 0.0462. The third-order valence-corrected chi connectivity index (χ3v) is 6.77. The van der Waals surface area contributed by atoms with Crippen LogP contribution < -0.4 is 14.8 Å². The number of carbonyl (C=O) groups excluding carboxylic acids is 1. The van der Waals surface area contributed by atoms with E-state index in [4.69, 9.17) is 9.47 Å². The monoisotopic (exact) mass is 428 g/mol. The fourth-order valence-corrected chi connectivity index (χ4v) is 4.73. The topological polar surface area (TPSA) is 94.6 Å². The molecule has 154 valence electrons. The van der Waals surface area contributed by atoms with Crippen molar-refractivity contribution >= 4 is 15.7 Å². The molecule has 0 spiro atoms. The van der Waals surface area contributed by atoms with Crippen LogP contribution in [0.3, 0.4) is 0 Å². The summed E-state index contributed by atoms with van der Waals surface area (Å²) in [4.78, 5) is 16.6. The summed E-state index contributed by atoms with van der Waals surface area (Å²) in [6, 6.07) is 12.5. The normalized spacial score (nSPS) is 13.6. The first-order chi connectivity index (χ1) is 14.4. The molecule has 30 heavy (non-hydrogen) atoms. The second kappa shape index (κ2) is 8.11. The van der Waals surface area contributed by atoms with Crippen LogP contribution >= 0.6 is 0 Å². The average Bonchev–Trinajstić information content (AvgIpc) is 3.22. The third kappa shape index (κ3) is 3.97. The van der Waals surface area contributed by atoms with E-state index in [1.165, 1.54) is 30.6 Å². The van der Waals surface area contributed by atoms with E-state index >= 15 is 0 Å². The molecule has 0 radical (unpaired) electrons. The zero-order chi connectivity index (χ0) is 21.1. The minimum Gasteiger partial charge on any atom is -0.454 e.